The third-order valence-electron chi connectivity index (χ3n) is 6.48. The van der Waals surface area contributed by atoms with Crippen molar-refractivity contribution in [2.45, 2.75) is 64.2 Å². The fourth-order valence-electron chi connectivity index (χ4n) is 4.59. The highest BCUT2D eigenvalue weighted by atomic mass is 19.2. The number of carbonyl (C=O) groups excluding carboxylic acids is 2. The van der Waals surface area contributed by atoms with Crippen molar-refractivity contribution < 1.29 is 27.2 Å². The van der Waals surface area contributed by atoms with Gasteiger partial charge in [0, 0.05) is 24.8 Å². The van der Waals surface area contributed by atoms with Crippen LogP contribution in [0.3, 0.4) is 0 Å². The maximum absolute atomic E-state index is 14.3. The van der Waals surface area contributed by atoms with Crippen LogP contribution in [0.5, 0.6) is 0 Å². The fourth-order valence-corrected chi connectivity index (χ4v) is 4.59. The monoisotopic (exact) mass is 531 g/mol. The summed E-state index contributed by atoms with van der Waals surface area (Å²) in [5.41, 5.74) is 1.56. The molecule has 2 atom stereocenters. The van der Waals surface area contributed by atoms with Crippen molar-refractivity contribution in [3.05, 3.63) is 82.8 Å². The second kappa shape index (κ2) is 12.2. The lowest BCUT2D eigenvalue weighted by molar-refractivity contribution is -0.122. The number of nitrogens with zero attached hydrogens (tertiary/aromatic N) is 2. The third-order valence-corrected chi connectivity index (χ3v) is 6.48. The van der Waals surface area contributed by atoms with Gasteiger partial charge >= 0.3 is 0 Å². The third kappa shape index (κ3) is 6.97. The lowest BCUT2D eigenvalue weighted by Crippen LogP contribution is -2.48. The molecular weight excluding hydrogens is 502 g/mol. The van der Waals surface area contributed by atoms with E-state index in [4.69, 9.17) is 0 Å². The maximum Gasteiger partial charge on any atom is 0.242 e. The van der Waals surface area contributed by atoms with E-state index >= 15 is 0 Å². The van der Waals surface area contributed by atoms with Crippen LogP contribution in [0.4, 0.5) is 23.4 Å². The van der Waals surface area contributed by atoms with Crippen molar-refractivity contribution in [2.24, 2.45) is 0 Å². The van der Waals surface area contributed by atoms with Crippen molar-refractivity contribution >= 4 is 17.6 Å². The van der Waals surface area contributed by atoms with Gasteiger partial charge in [-0.2, -0.15) is 0 Å². The molecule has 2 aromatic carbocycles. The van der Waals surface area contributed by atoms with Gasteiger partial charge in [0.25, 0.3) is 0 Å². The Labute approximate surface area is 217 Å². The Morgan fingerprint density at radius 2 is 1.92 bits per heavy atom. The number of aromatic nitrogens is 2. The SMILES string of the molecule is CCC[C@H](N[C@H]1CCc2cc(F)cc(F)c2C1)C(=O)Nc1cn(CC(=O)NCc2ccc(F)c(F)c2)cn1. The number of hydrogen-bond donors (Lipinski definition) is 3. The minimum atomic E-state index is -0.988. The highest BCUT2D eigenvalue weighted by molar-refractivity contribution is 5.94. The van der Waals surface area contributed by atoms with Crippen LogP contribution in [0.25, 0.3) is 0 Å². The number of aryl methyl sites for hydroxylation is 1. The molecule has 3 aromatic rings. The zero-order chi connectivity index (χ0) is 27.2. The molecule has 1 aliphatic carbocycles. The number of imidazole rings is 1. The Morgan fingerprint density at radius 3 is 2.68 bits per heavy atom. The van der Waals surface area contributed by atoms with Crippen molar-refractivity contribution in [1.82, 2.24) is 20.2 Å². The number of fused-ring (bicyclic) bond motifs is 1. The second-order valence-electron chi connectivity index (χ2n) is 9.42. The molecule has 0 saturated heterocycles. The first-order chi connectivity index (χ1) is 18.2. The number of benzene rings is 2. The molecule has 0 aliphatic heterocycles. The van der Waals surface area contributed by atoms with Crippen molar-refractivity contribution in [3.8, 4) is 0 Å². The average molecular weight is 532 g/mol. The first-order valence-corrected chi connectivity index (χ1v) is 12.5. The Kier molecular flexibility index (Phi) is 8.77. The summed E-state index contributed by atoms with van der Waals surface area (Å²) in [4.78, 5) is 29.4. The van der Waals surface area contributed by atoms with E-state index in [2.05, 4.69) is 20.9 Å². The smallest absolute Gasteiger partial charge is 0.242 e. The minimum absolute atomic E-state index is 0.0309. The molecule has 2 amide bonds. The summed E-state index contributed by atoms with van der Waals surface area (Å²) in [7, 11) is 0. The van der Waals surface area contributed by atoms with Gasteiger partial charge in [0.2, 0.25) is 11.8 Å². The number of halogens is 4. The average Bonchev–Trinajstić information content (AvgIpc) is 3.31. The Morgan fingerprint density at radius 1 is 1.11 bits per heavy atom. The molecule has 38 heavy (non-hydrogen) atoms. The predicted molar refractivity (Wildman–Crippen MR) is 133 cm³/mol. The summed E-state index contributed by atoms with van der Waals surface area (Å²) in [6.45, 7) is 1.90. The summed E-state index contributed by atoms with van der Waals surface area (Å²) in [6, 6.07) is 4.96. The number of rotatable bonds is 10. The van der Waals surface area contributed by atoms with Crippen molar-refractivity contribution in [2.75, 3.05) is 5.32 Å². The van der Waals surface area contributed by atoms with Gasteiger partial charge in [0.1, 0.15) is 18.2 Å². The highest BCUT2D eigenvalue weighted by Gasteiger charge is 2.27. The maximum atomic E-state index is 14.3. The van der Waals surface area contributed by atoms with Crippen LogP contribution in [0.15, 0.2) is 42.9 Å². The standard InChI is InChI=1S/C27H29F4N5O2/c1-2-3-24(34-19-6-5-17-9-18(28)10-22(30)20(17)11-19)27(38)35-25-13-36(15-33-25)14-26(37)32-12-16-4-7-21(29)23(31)8-16/h4,7-10,13,15,19,24,34H,2-3,5-6,11-12,14H2,1H3,(H,32,37)(H,35,38)/t19-,24-/m0/s1. The van der Waals surface area contributed by atoms with E-state index in [1.54, 1.807) is 0 Å². The van der Waals surface area contributed by atoms with Gasteiger partial charge < -0.3 is 20.5 Å². The molecule has 4 rings (SSSR count). The largest absolute Gasteiger partial charge is 0.350 e. The number of amides is 2. The summed E-state index contributed by atoms with van der Waals surface area (Å²) in [5.74, 6) is -3.51. The highest BCUT2D eigenvalue weighted by Crippen LogP contribution is 2.26. The summed E-state index contributed by atoms with van der Waals surface area (Å²) in [5, 5.41) is 8.69. The lowest BCUT2D eigenvalue weighted by atomic mass is 9.87. The van der Waals surface area contributed by atoms with Gasteiger partial charge in [0.15, 0.2) is 17.5 Å². The van der Waals surface area contributed by atoms with Gasteiger partial charge in [-0.15, -0.1) is 0 Å². The van der Waals surface area contributed by atoms with Crippen molar-refractivity contribution in [1.29, 1.82) is 0 Å². The molecule has 0 spiro atoms. The topological polar surface area (TPSA) is 88.0 Å². The Bertz CT molecular complexity index is 1310. The number of carbonyl (C=O) groups is 2. The normalized spacial score (nSPS) is 15.6. The van der Waals surface area contributed by atoms with E-state index in [0.717, 1.165) is 24.6 Å². The zero-order valence-corrected chi connectivity index (χ0v) is 20.9. The van der Waals surface area contributed by atoms with Gasteiger partial charge in [-0.1, -0.05) is 19.4 Å². The molecule has 1 aromatic heterocycles. The van der Waals surface area contributed by atoms with E-state index in [0.29, 0.717) is 42.4 Å². The molecule has 0 saturated carbocycles. The molecule has 0 radical (unpaired) electrons. The van der Waals surface area contributed by atoms with E-state index in [9.17, 15) is 27.2 Å². The summed E-state index contributed by atoms with van der Waals surface area (Å²) >= 11 is 0. The van der Waals surface area contributed by atoms with Gasteiger partial charge in [-0.05, 0) is 60.6 Å². The Balaban J connectivity index is 1.30. The molecule has 1 aliphatic rings. The van der Waals surface area contributed by atoms with Gasteiger partial charge in [-0.3, -0.25) is 9.59 Å². The number of nitrogens with one attached hydrogen (secondary N) is 3. The van der Waals surface area contributed by atoms with Crippen LogP contribution in [-0.2, 0) is 35.5 Å². The van der Waals surface area contributed by atoms with E-state index in [1.165, 1.54) is 29.2 Å². The Hall–Kier alpha value is -3.73. The number of hydrogen-bond acceptors (Lipinski definition) is 4. The molecule has 202 valence electrons. The molecule has 7 nitrogen and oxygen atoms in total. The van der Waals surface area contributed by atoms with Crippen LogP contribution >= 0.6 is 0 Å². The van der Waals surface area contributed by atoms with Crippen LogP contribution in [0.2, 0.25) is 0 Å². The quantitative estimate of drug-likeness (QED) is 0.345. The van der Waals surface area contributed by atoms with Gasteiger partial charge in [-0.25, -0.2) is 22.5 Å². The van der Waals surface area contributed by atoms with Gasteiger partial charge in [0.05, 0.1) is 12.4 Å². The molecular formula is C27H29F4N5O2. The van der Waals surface area contributed by atoms with Crippen molar-refractivity contribution in [3.63, 3.8) is 0 Å². The molecule has 11 heteroatoms. The molecule has 0 unspecified atom stereocenters. The van der Waals surface area contributed by atoms with E-state index < -0.39 is 29.3 Å². The van der Waals surface area contributed by atoms with Crippen LogP contribution in [0, 0.1) is 23.3 Å². The molecule has 1 heterocycles. The second-order valence-corrected chi connectivity index (χ2v) is 9.42. The fraction of sp³-hybridized carbons (Fsp3) is 0.370. The molecule has 3 N–H and O–H groups in total. The first kappa shape index (κ1) is 27.3. The zero-order valence-electron chi connectivity index (χ0n) is 20.9. The lowest BCUT2D eigenvalue weighted by Gasteiger charge is -2.29. The summed E-state index contributed by atoms with van der Waals surface area (Å²) < 4.78 is 55.6. The minimum Gasteiger partial charge on any atom is -0.350 e. The van der Waals surface area contributed by atoms with Crippen LogP contribution < -0.4 is 16.0 Å². The molecule has 0 bridgehead atoms. The predicted octanol–water partition coefficient (Wildman–Crippen LogP) is 4.01. The summed E-state index contributed by atoms with van der Waals surface area (Å²) in [6.07, 6.45) is 5.73. The first-order valence-electron chi connectivity index (χ1n) is 12.5. The van der Waals surface area contributed by atoms with E-state index in [-0.39, 0.29) is 36.8 Å². The number of anilines is 1. The van der Waals surface area contributed by atoms with Crippen LogP contribution in [0.1, 0.15) is 42.9 Å². The molecule has 0 fully saturated rings. The van der Waals surface area contributed by atoms with Crippen LogP contribution in [-0.4, -0.2) is 33.4 Å². The van der Waals surface area contributed by atoms with E-state index in [1.807, 2.05) is 6.92 Å².